The van der Waals surface area contributed by atoms with E-state index in [0.717, 1.165) is 53.0 Å². The Labute approximate surface area is 331 Å². The molecular formula is C49H66N2O4. The molecule has 6 heteroatoms. The fourth-order valence-electron chi connectivity index (χ4n) is 7.68. The third-order valence-electron chi connectivity index (χ3n) is 11.1. The zero-order chi connectivity index (χ0) is 38.7. The Morgan fingerprint density at radius 3 is 1.91 bits per heavy atom. The lowest BCUT2D eigenvalue weighted by Crippen LogP contribution is -2.45. The van der Waals surface area contributed by atoms with E-state index in [1.54, 1.807) is 0 Å². The number of aliphatic hydroxyl groups is 1. The maximum absolute atomic E-state index is 12.6. The van der Waals surface area contributed by atoms with Crippen molar-refractivity contribution in [2.24, 2.45) is 5.92 Å². The Bertz CT molecular complexity index is 1640. The van der Waals surface area contributed by atoms with Crippen molar-refractivity contribution in [1.29, 1.82) is 0 Å². The lowest BCUT2D eigenvalue weighted by molar-refractivity contribution is -0.276. The molecule has 0 bridgehead atoms. The van der Waals surface area contributed by atoms with Crippen molar-refractivity contribution in [3.63, 3.8) is 0 Å². The molecule has 4 atom stereocenters. The highest BCUT2D eigenvalue weighted by Crippen LogP contribution is 2.42. The summed E-state index contributed by atoms with van der Waals surface area (Å²) in [6.07, 6.45) is 14.9. The summed E-state index contributed by atoms with van der Waals surface area (Å²) >= 11 is 0. The van der Waals surface area contributed by atoms with Gasteiger partial charge < -0.3 is 24.8 Å². The minimum Gasteiger partial charge on any atom is -0.392 e. The molecule has 0 spiro atoms. The van der Waals surface area contributed by atoms with Crippen molar-refractivity contribution in [2.45, 2.75) is 129 Å². The Kier molecular flexibility index (Phi) is 17.9. The number of nitrogens with one attached hydrogen (secondary N) is 1. The third kappa shape index (κ3) is 13.4. The van der Waals surface area contributed by atoms with Crippen molar-refractivity contribution in [3.05, 3.63) is 131 Å². The quantitative estimate of drug-likeness (QED) is 0.0740. The number of ether oxygens (including phenoxy) is 2. The molecule has 5 rings (SSSR count). The summed E-state index contributed by atoms with van der Waals surface area (Å²) in [5.74, 6) is 0.0725. The van der Waals surface area contributed by atoms with Crippen molar-refractivity contribution >= 4 is 5.91 Å². The summed E-state index contributed by atoms with van der Waals surface area (Å²) in [5.41, 5.74) is 6.92. The van der Waals surface area contributed by atoms with Crippen molar-refractivity contribution in [1.82, 2.24) is 10.2 Å². The van der Waals surface area contributed by atoms with Gasteiger partial charge in [0.1, 0.15) is 0 Å². The zero-order valence-electron chi connectivity index (χ0n) is 33.8. The fraction of sp³-hybridized carbons (Fsp3) is 0.490. The molecule has 2 N–H and O–H groups in total. The maximum Gasteiger partial charge on any atom is 0.251 e. The Hall–Kier alpha value is -3.81. The summed E-state index contributed by atoms with van der Waals surface area (Å²) in [5, 5.41) is 12.8. The van der Waals surface area contributed by atoms with Crippen LogP contribution >= 0.6 is 0 Å². The summed E-state index contributed by atoms with van der Waals surface area (Å²) in [7, 11) is 0. The minimum atomic E-state index is -0.498. The van der Waals surface area contributed by atoms with Crippen molar-refractivity contribution < 1.29 is 19.4 Å². The molecule has 0 aromatic heterocycles. The van der Waals surface area contributed by atoms with Gasteiger partial charge in [0.2, 0.25) is 0 Å². The maximum atomic E-state index is 12.6. The number of aliphatic hydroxyl groups excluding tert-OH is 1. The second kappa shape index (κ2) is 23.3. The smallest absolute Gasteiger partial charge is 0.251 e. The molecule has 0 unspecified atom stereocenters. The van der Waals surface area contributed by atoms with E-state index >= 15 is 0 Å². The number of rotatable bonds is 23. The number of carbonyl (C=O) groups is 1. The van der Waals surface area contributed by atoms with Gasteiger partial charge in [-0.1, -0.05) is 170 Å². The third-order valence-corrected chi connectivity index (χ3v) is 11.1. The van der Waals surface area contributed by atoms with Gasteiger partial charge in [0.15, 0.2) is 6.29 Å². The van der Waals surface area contributed by atoms with Crippen LogP contribution in [-0.4, -0.2) is 41.7 Å². The first-order valence-corrected chi connectivity index (χ1v) is 21.2. The molecule has 4 aromatic rings. The van der Waals surface area contributed by atoms with Gasteiger partial charge in [-0.3, -0.25) is 4.79 Å². The number of hydrogen-bond acceptors (Lipinski definition) is 5. The number of hydrogen-bond donors (Lipinski definition) is 2. The lowest BCUT2D eigenvalue weighted by atomic mass is 9.89. The van der Waals surface area contributed by atoms with E-state index < -0.39 is 6.29 Å². The minimum absolute atomic E-state index is 0.00362. The van der Waals surface area contributed by atoms with Gasteiger partial charge in [-0.2, -0.15) is 0 Å². The molecular weight excluding hydrogens is 681 g/mol. The van der Waals surface area contributed by atoms with Crippen LogP contribution in [0.3, 0.4) is 0 Å². The summed E-state index contributed by atoms with van der Waals surface area (Å²) in [6.45, 7) is 10.4. The average molecular weight is 747 g/mol. The second-order valence-corrected chi connectivity index (χ2v) is 15.5. The molecule has 6 nitrogen and oxygen atoms in total. The van der Waals surface area contributed by atoms with Crippen molar-refractivity contribution in [3.8, 4) is 11.1 Å². The number of carbonyl (C=O) groups excluding carboxylic acids is 1. The molecule has 4 aromatic carbocycles. The molecule has 0 saturated carbocycles. The Balaban J connectivity index is 1.30. The zero-order valence-corrected chi connectivity index (χ0v) is 33.8. The van der Waals surface area contributed by atoms with Crippen molar-refractivity contribution in [2.75, 3.05) is 19.6 Å². The fourth-order valence-corrected chi connectivity index (χ4v) is 7.68. The summed E-state index contributed by atoms with van der Waals surface area (Å²) in [4.78, 5) is 15.3. The first-order chi connectivity index (χ1) is 27.0. The number of benzene rings is 4. The Morgan fingerprint density at radius 2 is 1.27 bits per heavy atom. The highest BCUT2D eigenvalue weighted by Gasteiger charge is 2.39. The van der Waals surface area contributed by atoms with Crippen LogP contribution in [0.25, 0.3) is 11.1 Å². The van der Waals surface area contributed by atoms with Gasteiger partial charge in [-0.25, -0.2) is 0 Å². The van der Waals surface area contributed by atoms with Crippen LogP contribution in [0.5, 0.6) is 0 Å². The highest BCUT2D eigenvalue weighted by molar-refractivity contribution is 5.94. The standard InChI is InChI=1S/C49H66N2O4/c1-4-6-8-10-12-17-32-51(33-18-13-11-9-7-5-2)36-46-38(3)47(42-26-24-39(37-52)25-27-42)55-49(54-46)44-30-28-41(29-31-44)45-23-19-20-40(34-45)35-50-48(53)43-21-15-14-16-22-43/h14-16,19-31,34,38,46-47,49,52H,4-13,17-18,32-33,35-37H2,1-3H3,(H,50,53)/t38-,46+,47+,49+/m1/s1. The monoisotopic (exact) mass is 747 g/mol. The topological polar surface area (TPSA) is 71.0 Å². The van der Waals surface area contributed by atoms with E-state index in [2.05, 4.69) is 79.5 Å². The van der Waals surface area contributed by atoms with Gasteiger partial charge in [0.05, 0.1) is 18.8 Å². The highest BCUT2D eigenvalue weighted by atomic mass is 16.7. The van der Waals surface area contributed by atoms with E-state index in [9.17, 15) is 9.90 Å². The van der Waals surface area contributed by atoms with Gasteiger partial charge >= 0.3 is 0 Å². The lowest BCUT2D eigenvalue weighted by Gasteiger charge is -2.43. The van der Waals surface area contributed by atoms with E-state index in [1.807, 2.05) is 54.6 Å². The van der Waals surface area contributed by atoms with E-state index in [4.69, 9.17) is 9.47 Å². The SMILES string of the molecule is CCCCCCCCN(CCCCCCCC)C[C@@H]1O[C@H](c2ccc(-c3cccc(CNC(=O)c4ccccc4)c3)cc2)O[C@H](c2ccc(CO)cc2)[C@@H]1C. The van der Waals surface area contributed by atoms with Crippen LogP contribution in [0.15, 0.2) is 103 Å². The van der Waals surface area contributed by atoms with Crippen LogP contribution in [0.1, 0.15) is 143 Å². The first kappa shape index (κ1) is 42.3. The molecule has 1 saturated heterocycles. The van der Waals surface area contributed by atoms with Gasteiger partial charge in [0, 0.05) is 30.1 Å². The van der Waals surface area contributed by atoms with Crippen LogP contribution in [0.4, 0.5) is 0 Å². The van der Waals surface area contributed by atoms with Gasteiger partial charge in [-0.05, 0) is 71.9 Å². The molecule has 55 heavy (non-hydrogen) atoms. The van der Waals surface area contributed by atoms with Crippen LogP contribution in [0, 0.1) is 5.92 Å². The summed E-state index contributed by atoms with van der Waals surface area (Å²) < 4.78 is 13.8. The molecule has 1 heterocycles. The molecule has 0 radical (unpaired) electrons. The number of nitrogens with zero attached hydrogens (tertiary/aromatic N) is 1. The normalized spacial score (nSPS) is 18.4. The summed E-state index contributed by atoms with van der Waals surface area (Å²) in [6, 6.07) is 34.4. The second-order valence-electron chi connectivity index (χ2n) is 15.5. The van der Waals surface area contributed by atoms with Gasteiger partial charge in [-0.15, -0.1) is 0 Å². The van der Waals surface area contributed by atoms with Gasteiger partial charge in [0.25, 0.3) is 5.91 Å². The molecule has 1 amide bonds. The molecule has 1 aliphatic heterocycles. The van der Waals surface area contributed by atoms with E-state index in [-0.39, 0.29) is 30.6 Å². The molecule has 296 valence electrons. The predicted molar refractivity (Wildman–Crippen MR) is 226 cm³/mol. The largest absolute Gasteiger partial charge is 0.392 e. The van der Waals surface area contributed by atoms with E-state index in [1.165, 1.54) is 77.0 Å². The Morgan fingerprint density at radius 1 is 0.655 bits per heavy atom. The molecule has 1 aliphatic rings. The number of unbranched alkanes of at least 4 members (excludes halogenated alkanes) is 10. The first-order valence-electron chi connectivity index (χ1n) is 21.2. The van der Waals surface area contributed by atoms with Crippen LogP contribution in [-0.2, 0) is 22.6 Å². The molecule has 0 aliphatic carbocycles. The van der Waals surface area contributed by atoms with Crippen LogP contribution in [0.2, 0.25) is 0 Å². The molecule has 1 fully saturated rings. The predicted octanol–water partition coefficient (Wildman–Crippen LogP) is 11.6. The average Bonchev–Trinajstić information content (AvgIpc) is 3.23. The number of amides is 1. The van der Waals surface area contributed by atoms with E-state index in [0.29, 0.717) is 12.1 Å². The van der Waals surface area contributed by atoms with Crippen LogP contribution < -0.4 is 5.32 Å².